The molecule has 0 radical (unpaired) electrons. The molecule has 2 rings (SSSR count). The summed E-state index contributed by atoms with van der Waals surface area (Å²) in [4.78, 5) is 17.0. The zero-order valence-corrected chi connectivity index (χ0v) is 13.4. The van der Waals surface area contributed by atoms with E-state index in [0.717, 1.165) is 10.0 Å². The van der Waals surface area contributed by atoms with Crippen LogP contribution in [0.1, 0.15) is 12.5 Å². The molecule has 114 valence electrons. The second-order valence-electron chi connectivity index (χ2n) is 4.47. The van der Waals surface area contributed by atoms with E-state index < -0.39 is 17.8 Å². The van der Waals surface area contributed by atoms with E-state index in [0.29, 0.717) is 0 Å². The van der Waals surface area contributed by atoms with Crippen LogP contribution in [-0.4, -0.2) is 18.2 Å². The molecule has 2 aromatic rings. The number of hydrogen-bond donors (Lipinski definition) is 1. The first-order valence-corrected chi connectivity index (χ1v) is 7.36. The molecule has 4 nitrogen and oxygen atoms in total. The summed E-state index contributed by atoms with van der Waals surface area (Å²) >= 11 is 3.38. The van der Waals surface area contributed by atoms with Crippen molar-refractivity contribution in [2.24, 2.45) is 5.16 Å². The molecule has 0 saturated heterocycles. The lowest BCUT2D eigenvalue weighted by atomic mass is 10.2. The lowest BCUT2D eigenvalue weighted by Crippen LogP contribution is -2.26. The summed E-state index contributed by atoms with van der Waals surface area (Å²) in [6, 6.07) is 13.4. The first kappa shape index (κ1) is 16.2. The van der Waals surface area contributed by atoms with Crippen LogP contribution in [0.25, 0.3) is 0 Å². The Kier molecular flexibility index (Phi) is 5.66. The number of benzene rings is 2. The molecule has 0 aliphatic rings. The monoisotopic (exact) mass is 364 g/mol. The van der Waals surface area contributed by atoms with E-state index in [-0.39, 0.29) is 5.69 Å². The third-order valence-corrected chi connectivity index (χ3v) is 3.54. The minimum Gasteiger partial charge on any atom is -0.383 e. The van der Waals surface area contributed by atoms with Gasteiger partial charge in [-0.3, -0.25) is 4.79 Å². The number of halogens is 2. The van der Waals surface area contributed by atoms with Gasteiger partial charge in [0.15, 0.2) is 0 Å². The molecule has 0 saturated carbocycles. The van der Waals surface area contributed by atoms with E-state index in [4.69, 9.17) is 4.84 Å². The van der Waals surface area contributed by atoms with Gasteiger partial charge >= 0.3 is 0 Å². The van der Waals surface area contributed by atoms with Crippen LogP contribution in [0.5, 0.6) is 0 Å². The van der Waals surface area contributed by atoms with Gasteiger partial charge in [-0.2, -0.15) is 0 Å². The van der Waals surface area contributed by atoms with Crippen molar-refractivity contribution in [2.45, 2.75) is 13.0 Å². The summed E-state index contributed by atoms with van der Waals surface area (Å²) in [7, 11) is 0. The number of nitrogens with zero attached hydrogens (tertiary/aromatic N) is 1. The largest absolute Gasteiger partial charge is 0.383 e. The average Bonchev–Trinajstić information content (AvgIpc) is 2.51. The Morgan fingerprint density at radius 3 is 2.68 bits per heavy atom. The number of hydrogen-bond acceptors (Lipinski definition) is 3. The summed E-state index contributed by atoms with van der Waals surface area (Å²) in [6.07, 6.45) is 0.648. The highest BCUT2D eigenvalue weighted by Crippen LogP contribution is 2.14. The van der Waals surface area contributed by atoms with Crippen LogP contribution < -0.4 is 5.32 Å². The summed E-state index contributed by atoms with van der Waals surface area (Å²) in [5, 5.41) is 6.23. The number of anilines is 1. The third-order valence-electron chi connectivity index (χ3n) is 2.82. The molecule has 6 heteroatoms. The Labute approximate surface area is 136 Å². The van der Waals surface area contributed by atoms with Crippen LogP contribution in [0.2, 0.25) is 0 Å². The van der Waals surface area contributed by atoms with E-state index in [1.807, 2.05) is 24.3 Å². The summed E-state index contributed by atoms with van der Waals surface area (Å²) < 4.78 is 14.3. The van der Waals surface area contributed by atoms with Crippen molar-refractivity contribution in [3.05, 3.63) is 64.4 Å². The molecule has 22 heavy (non-hydrogen) atoms. The highest BCUT2D eigenvalue weighted by atomic mass is 79.9. The molecule has 0 aliphatic heterocycles. The van der Waals surface area contributed by atoms with Crippen LogP contribution >= 0.6 is 15.9 Å². The fourth-order valence-electron chi connectivity index (χ4n) is 1.60. The standard InChI is InChI=1S/C16H14BrFN2O2/c1-11(16(21)20-15-9-5-4-8-14(15)18)22-19-10-12-6-2-3-7-13(12)17/h2-11H,1H3,(H,20,21)/b19-10-/t11-/m1/s1. The number of rotatable bonds is 5. The fraction of sp³-hybridized carbons (Fsp3) is 0.125. The molecule has 1 N–H and O–H groups in total. The Hall–Kier alpha value is -2.21. The average molecular weight is 365 g/mol. The Morgan fingerprint density at radius 1 is 1.27 bits per heavy atom. The Morgan fingerprint density at radius 2 is 1.95 bits per heavy atom. The van der Waals surface area contributed by atoms with Gasteiger partial charge in [-0.25, -0.2) is 4.39 Å². The molecular formula is C16H14BrFN2O2. The highest BCUT2D eigenvalue weighted by Gasteiger charge is 2.15. The maximum absolute atomic E-state index is 13.4. The van der Waals surface area contributed by atoms with Crippen LogP contribution in [0.3, 0.4) is 0 Å². The molecule has 2 aromatic carbocycles. The van der Waals surface area contributed by atoms with Crippen molar-refractivity contribution >= 4 is 33.7 Å². The van der Waals surface area contributed by atoms with Crippen LogP contribution in [0.15, 0.2) is 58.2 Å². The minimum absolute atomic E-state index is 0.109. The third kappa shape index (κ3) is 4.39. The number of nitrogens with one attached hydrogen (secondary N) is 1. The van der Waals surface area contributed by atoms with Gasteiger partial charge in [-0.1, -0.05) is 51.4 Å². The lowest BCUT2D eigenvalue weighted by Gasteiger charge is -2.10. The smallest absolute Gasteiger partial charge is 0.268 e. The summed E-state index contributed by atoms with van der Waals surface area (Å²) in [6.45, 7) is 1.54. The molecule has 0 aromatic heterocycles. The Balaban J connectivity index is 1.92. The number of amides is 1. The zero-order chi connectivity index (χ0) is 15.9. The molecular weight excluding hydrogens is 351 g/mol. The van der Waals surface area contributed by atoms with Gasteiger partial charge in [0, 0.05) is 10.0 Å². The van der Waals surface area contributed by atoms with Gasteiger partial charge < -0.3 is 10.2 Å². The van der Waals surface area contributed by atoms with Crippen LogP contribution in [0, 0.1) is 5.82 Å². The topological polar surface area (TPSA) is 50.7 Å². The second kappa shape index (κ2) is 7.70. The van der Waals surface area contributed by atoms with Crippen molar-refractivity contribution in [1.29, 1.82) is 0 Å². The van der Waals surface area contributed by atoms with E-state index in [9.17, 15) is 9.18 Å². The lowest BCUT2D eigenvalue weighted by molar-refractivity contribution is -0.126. The van der Waals surface area contributed by atoms with Gasteiger partial charge in [0.25, 0.3) is 5.91 Å². The summed E-state index contributed by atoms with van der Waals surface area (Å²) in [5.74, 6) is -0.978. The van der Waals surface area contributed by atoms with E-state index in [2.05, 4.69) is 26.4 Å². The van der Waals surface area contributed by atoms with Crippen molar-refractivity contribution in [3.8, 4) is 0 Å². The Bertz CT molecular complexity index is 691. The predicted octanol–water partition coefficient (Wildman–Crippen LogP) is 3.97. The molecule has 0 spiro atoms. The molecule has 0 aliphatic carbocycles. The SMILES string of the molecule is C[C@@H](O/N=C\c1ccccc1Br)C(=O)Nc1ccccc1F. The maximum Gasteiger partial charge on any atom is 0.268 e. The highest BCUT2D eigenvalue weighted by molar-refractivity contribution is 9.10. The maximum atomic E-state index is 13.4. The molecule has 0 unspecified atom stereocenters. The van der Waals surface area contributed by atoms with E-state index in [1.54, 1.807) is 12.1 Å². The molecule has 1 atom stereocenters. The van der Waals surface area contributed by atoms with Gasteiger partial charge in [-0.15, -0.1) is 0 Å². The number of carbonyl (C=O) groups is 1. The van der Waals surface area contributed by atoms with Gasteiger partial charge in [0.2, 0.25) is 6.10 Å². The number of carbonyl (C=O) groups excluding carboxylic acids is 1. The second-order valence-corrected chi connectivity index (χ2v) is 5.33. The van der Waals surface area contributed by atoms with Crippen LogP contribution in [0.4, 0.5) is 10.1 Å². The molecule has 0 heterocycles. The molecule has 0 bridgehead atoms. The number of para-hydroxylation sites is 1. The van der Waals surface area contributed by atoms with Gasteiger partial charge in [0.1, 0.15) is 5.82 Å². The zero-order valence-electron chi connectivity index (χ0n) is 11.8. The van der Waals surface area contributed by atoms with E-state index >= 15 is 0 Å². The van der Waals surface area contributed by atoms with Crippen molar-refractivity contribution in [3.63, 3.8) is 0 Å². The van der Waals surface area contributed by atoms with Crippen molar-refractivity contribution < 1.29 is 14.0 Å². The molecule has 1 amide bonds. The van der Waals surface area contributed by atoms with E-state index in [1.165, 1.54) is 25.3 Å². The predicted molar refractivity (Wildman–Crippen MR) is 87.3 cm³/mol. The normalized spacial score (nSPS) is 12.1. The van der Waals surface area contributed by atoms with Gasteiger partial charge in [0.05, 0.1) is 11.9 Å². The fourth-order valence-corrected chi connectivity index (χ4v) is 1.99. The van der Waals surface area contributed by atoms with Crippen molar-refractivity contribution in [2.75, 3.05) is 5.32 Å². The summed E-state index contributed by atoms with van der Waals surface area (Å²) in [5.41, 5.74) is 0.932. The number of oxime groups is 1. The first-order valence-electron chi connectivity index (χ1n) is 6.57. The van der Waals surface area contributed by atoms with Gasteiger partial charge in [-0.05, 0) is 25.1 Å². The van der Waals surface area contributed by atoms with Crippen LogP contribution in [-0.2, 0) is 9.63 Å². The quantitative estimate of drug-likeness (QED) is 0.644. The molecule has 0 fully saturated rings. The first-order chi connectivity index (χ1) is 10.6. The minimum atomic E-state index is -0.849. The van der Waals surface area contributed by atoms with Crippen molar-refractivity contribution in [1.82, 2.24) is 0 Å².